The van der Waals surface area contributed by atoms with E-state index in [1.54, 1.807) is 24.3 Å². The molecule has 16 heteroatoms. The van der Waals surface area contributed by atoms with Gasteiger partial charge in [-0.2, -0.15) is 13.2 Å². The number of aliphatic carboxylic acids is 1. The molecule has 1 unspecified atom stereocenters. The number of sulfonamides is 1. The zero-order valence-electron chi connectivity index (χ0n) is 28.9. The van der Waals surface area contributed by atoms with E-state index in [4.69, 9.17) is 19.4 Å². The first-order chi connectivity index (χ1) is 23.7. The molecule has 1 amide bonds. The summed E-state index contributed by atoms with van der Waals surface area (Å²) in [7, 11) is -3.61. The van der Waals surface area contributed by atoms with Crippen molar-refractivity contribution in [3.05, 3.63) is 89.2 Å². The summed E-state index contributed by atoms with van der Waals surface area (Å²) >= 11 is 0. The number of halogens is 4. The first-order valence-electron chi connectivity index (χ1n) is 16.0. The first-order valence-corrected chi connectivity index (χ1v) is 17.9. The van der Waals surface area contributed by atoms with Crippen molar-refractivity contribution in [3.63, 3.8) is 0 Å². The van der Waals surface area contributed by atoms with Gasteiger partial charge in [0.05, 0.1) is 23.7 Å². The third-order valence-electron chi connectivity index (χ3n) is 8.28. The smallest absolute Gasteiger partial charge is 0.487 e. The molecule has 0 saturated carbocycles. The van der Waals surface area contributed by atoms with Gasteiger partial charge in [-0.15, -0.1) is 0 Å². The lowest BCUT2D eigenvalue weighted by molar-refractivity contribution is -0.192. The molecule has 1 aliphatic rings. The Morgan fingerprint density at radius 2 is 1.67 bits per heavy atom. The molecule has 3 aromatic carbocycles. The Bertz CT molecular complexity index is 1770. The number of carboxylic acids is 1. The van der Waals surface area contributed by atoms with Gasteiger partial charge >= 0.3 is 18.2 Å². The number of benzene rings is 3. The average molecular weight is 742 g/mol. The molecule has 1 heterocycles. The minimum absolute atomic E-state index is 0.153. The van der Waals surface area contributed by atoms with Crippen LogP contribution < -0.4 is 19.7 Å². The van der Waals surface area contributed by atoms with Crippen LogP contribution in [0.5, 0.6) is 5.75 Å². The number of anilines is 2. The summed E-state index contributed by atoms with van der Waals surface area (Å²) in [5.41, 5.74) is 1.62. The van der Waals surface area contributed by atoms with E-state index >= 15 is 0 Å². The van der Waals surface area contributed by atoms with E-state index in [0.29, 0.717) is 36.3 Å². The SMILES string of the molecule is CCC1(CC)OC(=O)N(CCC(C)(C)NCC(O)c2ccc(OCc3ccccc3)c(NS(C)(=O)=O)c2)c2cc(F)ccc21.O=C(O)C(F)(F)F. The second kappa shape index (κ2) is 16.7. The van der Waals surface area contributed by atoms with Crippen molar-refractivity contribution >= 4 is 33.5 Å². The Morgan fingerprint density at radius 3 is 2.24 bits per heavy atom. The van der Waals surface area contributed by atoms with Gasteiger partial charge in [-0.25, -0.2) is 22.4 Å². The van der Waals surface area contributed by atoms with E-state index in [1.165, 1.54) is 17.0 Å². The van der Waals surface area contributed by atoms with Crippen LogP contribution in [0.4, 0.5) is 33.7 Å². The van der Waals surface area contributed by atoms with Crippen molar-refractivity contribution in [3.8, 4) is 5.75 Å². The molecule has 0 bridgehead atoms. The monoisotopic (exact) mass is 741 g/mol. The molecular weight excluding hydrogens is 698 g/mol. The van der Waals surface area contributed by atoms with Crippen molar-refractivity contribution in [2.75, 3.05) is 29.0 Å². The minimum Gasteiger partial charge on any atom is -0.487 e. The number of rotatable bonds is 14. The molecule has 280 valence electrons. The van der Waals surface area contributed by atoms with Crippen LogP contribution in [-0.2, 0) is 31.8 Å². The Kier molecular flexibility index (Phi) is 13.5. The van der Waals surface area contributed by atoms with E-state index in [1.807, 2.05) is 58.0 Å². The van der Waals surface area contributed by atoms with Crippen molar-refractivity contribution in [1.29, 1.82) is 0 Å². The van der Waals surface area contributed by atoms with Crippen LogP contribution in [0.1, 0.15) is 69.8 Å². The zero-order chi connectivity index (χ0) is 38.2. The fourth-order valence-corrected chi connectivity index (χ4v) is 5.90. The molecule has 3 aromatic rings. The molecule has 0 aromatic heterocycles. The standard InChI is InChI=1S/C33H42FN3O6S.C2HF3O2/c1-6-33(7-2)26-15-14-25(34)20-28(26)37(31(39)43-33)18-17-32(3,4)35-21-29(38)24-13-16-30(27(19-24)36-44(5,40)41)42-22-23-11-9-8-10-12-23;3-2(4,5)1(6)7/h8-16,19-20,29,35-36,38H,6-7,17-18,21-22H2,1-5H3;(H,6,7). The maximum absolute atomic E-state index is 14.3. The average Bonchev–Trinajstić information content (AvgIpc) is 3.05. The maximum atomic E-state index is 14.3. The lowest BCUT2D eigenvalue weighted by Gasteiger charge is -2.42. The van der Waals surface area contributed by atoms with E-state index < -0.39 is 51.3 Å². The van der Waals surface area contributed by atoms with Gasteiger partial charge in [0.25, 0.3) is 0 Å². The second-order valence-corrected chi connectivity index (χ2v) is 14.4. The number of cyclic esters (lactones) is 1. The van der Waals surface area contributed by atoms with Crippen molar-refractivity contribution < 1.29 is 55.3 Å². The number of hydrogen-bond donors (Lipinski definition) is 4. The molecule has 0 aliphatic carbocycles. The first kappa shape index (κ1) is 41.0. The van der Waals surface area contributed by atoms with Gasteiger partial charge < -0.3 is 25.0 Å². The molecule has 4 N–H and O–H groups in total. The maximum Gasteiger partial charge on any atom is 0.490 e. The molecule has 11 nitrogen and oxygen atoms in total. The largest absolute Gasteiger partial charge is 0.490 e. The predicted molar refractivity (Wildman–Crippen MR) is 184 cm³/mol. The van der Waals surface area contributed by atoms with E-state index in [9.17, 15) is 35.9 Å². The molecule has 1 atom stereocenters. The van der Waals surface area contributed by atoms with Crippen LogP contribution in [0.2, 0.25) is 0 Å². The Labute approximate surface area is 294 Å². The molecule has 51 heavy (non-hydrogen) atoms. The van der Waals surface area contributed by atoms with Crippen LogP contribution in [0.15, 0.2) is 66.7 Å². The number of nitrogens with zero attached hydrogens (tertiary/aromatic N) is 1. The number of β-amino-alcohol motifs (C(OH)–C–C–N with tert-alkyl or cyclic N) is 1. The third kappa shape index (κ3) is 11.6. The van der Waals surface area contributed by atoms with Crippen molar-refractivity contribution in [2.24, 2.45) is 0 Å². The number of aliphatic hydroxyl groups excluding tert-OH is 1. The minimum atomic E-state index is -5.08. The highest BCUT2D eigenvalue weighted by atomic mass is 32.2. The molecule has 0 saturated heterocycles. The number of nitrogens with one attached hydrogen (secondary N) is 2. The number of carbonyl (C=O) groups excluding carboxylic acids is 1. The molecule has 0 radical (unpaired) electrons. The topological polar surface area (TPSA) is 154 Å². The van der Waals surface area contributed by atoms with Gasteiger partial charge in [-0.05, 0) is 68.5 Å². The number of fused-ring (bicyclic) bond motifs is 1. The molecule has 1 aliphatic heterocycles. The van der Waals surface area contributed by atoms with E-state index in [0.717, 1.165) is 17.4 Å². The van der Waals surface area contributed by atoms with E-state index in [-0.39, 0.29) is 25.4 Å². The number of ether oxygens (including phenoxy) is 2. The van der Waals surface area contributed by atoms with Gasteiger partial charge in [-0.1, -0.05) is 56.3 Å². The molecular formula is C35H43F4N3O8S. The Hall–Kier alpha value is -4.41. The summed E-state index contributed by atoms with van der Waals surface area (Å²) in [6.07, 6.45) is -3.88. The summed E-state index contributed by atoms with van der Waals surface area (Å²) in [6.45, 7) is 8.45. The van der Waals surface area contributed by atoms with Crippen LogP contribution in [0.25, 0.3) is 0 Å². The summed E-state index contributed by atoms with van der Waals surface area (Å²) < 4.78 is 84.4. The van der Waals surface area contributed by atoms with Gasteiger partial charge in [0.2, 0.25) is 10.0 Å². The normalized spacial score (nSPS) is 14.8. The summed E-state index contributed by atoms with van der Waals surface area (Å²) in [6, 6.07) is 18.8. The zero-order valence-corrected chi connectivity index (χ0v) is 29.7. The highest BCUT2D eigenvalue weighted by molar-refractivity contribution is 7.92. The van der Waals surface area contributed by atoms with Gasteiger partial charge in [0.15, 0.2) is 0 Å². The number of aliphatic hydroxyl groups is 1. The highest BCUT2D eigenvalue weighted by Gasteiger charge is 2.43. The Morgan fingerprint density at radius 1 is 1.04 bits per heavy atom. The summed E-state index contributed by atoms with van der Waals surface area (Å²) in [4.78, 5) is 23.5. The van der Waals surface area contributed by atoms with Crippen LogP contribution >= 0.6 is 0 Å². The molecule has 4 rings (SSSR count). The quantitative estimate of drug-likeness (QED) is 0.130. The van der Waals surface area contributed by atoms with E-state index in [2.05, 4.69) is 10.0 Å². The predicted octanol–water partition coefficient (Wildman–Crippen LogP) is 6.87. The van der Waals surface area contributed by atoms with Gasteiger partial charge in [-0.3, -0.25) is 9.62 Å². The number of carbonyl (C=O) groups is 2. The van der Waals surface area contributed by atoms with Crippen molar-refractivity contribution in [1.82, 2.24) is 5.32 Å². The summed E-state index contributed by atoms with van der Waals surface area (Å²) in [5, 5.41) is 21.5. The Balaban J connectivity index is 0.000000908. The number of amides is 1. The fraction of sp³-hybridized carbons (Fsp3) is 0.429. The van der Waals surface area contributed by atoms with Gasteiger partial charge in [0, 0.05) is 24.2 Å². The second-order valence-electron chi connectivity index (χ2n) is 12.6. The number of carboxylic acid groups (broad SMARTS) is 1. The lowest BCUT2D eigenvalue weighted by atomic mass is 9.85. The van der Waals surface area contributed by atoms with Crippen molar-refractivity contribution in [2.45, 2.75) is 77.0 Å². The van der Waals surface area contributed by atoms with Crippen LogP contribution in [0.3, 0.4) is 0 Å². The summed E-state index contributed by atoms with van der Waals surface area (Å²) in [5.74, 6) is -2.84. The number of hydrogen-bond acceptors (Lipinski definition) is 8. The fourth-order valence-electron chi connectivity index (χ4n) is 5.34. The molecule has 0 fully saturated rings. The lowest BCUT2D eigenvalue weighted by Crippen LogP contribution is -2.49. The number of alkyl halides is 3. The van der Waals surface area contributed by atoms with Crippen LogP contribution in [0, 0.1) is 5.82 Å². The third-order valence-corrected chi connectivity index (χ3v) is 8.88. The van der Waals surface area contributed by atoms with Gasteiger partial charge in [0.1, 0.15) is 23.8 Å². The highest BCUT2D eigenvalue weighted by Crippen LogP contribution is 2.44. The van der Waals surface area contributed by atoms with Crippen LogP contribution in [-0.4, -0.2) is 61.8 Å². The molecule has 0 spiro atoms.